The predicted octanol–water partition coefficient (Wildman–Crippen LogP) is 1.29. The summed E-state index contributed by atoms with van der Waals surface area (Å²) in [5.41, 5.74) is 4.81. The van der Waals surface area contributed by atoms with E-state index >= 15 is 0 Å². The minimum absolute atomic E-state index is 0.0194. The van der Waals surface area contributed by atoms with E-state index in [-0.39, 0.29) is 29.4 Å². The molecule has 16 heavy (non-hydrogen) atoms. The number of benzene rings is 1. The van der Waals surface area contributed by atoms with Crippen molar-refractivity contribution in [1.29, 1.82) is 0 Å². The van der Waals surface area contributed by atoms with Gasteiger partial charge in [-0.25, -0.2) is 4.79 Å². The number of carboxylic acids is 1. The first-order valence-corrected chi connectivity index (χ1v) is 4.83. The molecule has 0 aromatic heterocycles. The van der Waals surface area contributed by atoms with Gasteiger partial charge in [0.1, 0.15) is 11.3 Å². The third-order valence-corrected chi connectivity index (χ3v) is 2.11. The molecular weight excluding hydrogens is 234 g/mol. The Morgan fingerprint density at radius 3 is 2.69 bits per heavy atom. The Balaban J connectivity index is 2.83. The lowest BCUT2D eigenvalue weighted by molar-refractivity contribution is -0.118. The highest BCUT2D eigenvalue weighted by Crippen LogP contribution is 2.26. The monoisotopic (exact) mass is 243 g/mol. The normalized spacial score (nSPS) is 9.81. The summed E-state index contributed by atoms with van der Waals surface area (Å²) < 4.78 is 5.12. The fourth-order valence-electron chi connectivity index (χ4n) is 1.09. The van der Waals surface area contributed by atoms with Gasteiger partial charge >= 0.3 is 5.97 Å². The number of hydrogen-bond donors (Lipinski definition) is 2. The number of nitrogens with two attached hydrogens (primary N) is 1. The van der Waals surface area contributed by atoms with Crippen molar-refractivity contribution < 1.29 is 19.4 Å². The number of amides is 1. The topological polar surface area (TPSA) is 89.6 Å². The molecule has 0 radical (unpaired) electrons. The van der Waals surface area contributed by atoms with Crippen LogP contribution in [0.2, 0.25) is 5.02 Å². The van der Waals surface area contributed by atoms with Crippen molar-refractivity contribution in [1.82, 2.24) is 0 Å². The van der Waals surface area contributed by atoms with Gasteiger partial charge in [0.25, 0.3) is 0 Å². The maximum absolute atomic E-state index is 10.9. The number of carbonyl (C=O) groups excluding carboxylic acids is 1. The Bertz CT molecular complexity index is 419. The highest BCUT2D eigenvalue weighted by Gasteiger charge is 2.15. The molecule has 1 aromatic carbocycles. The van der Waals surface area contributed by atoms with Gasteiger partial charge in [-0.1, -0.05) is 17.7 Å². The van der Waals surface area contributed by atoms with Crippen LogP contribution in [-0.2, 0) is 4.79 Å². The summed E-state index contributed by atoms with van der Waals surface area (Å²) in [4.78, 5) is 21.4. The van der Waals surface area contributed by atoms with Crippen molar-refractivity contribution in [2.45, 2.75) is 6.42 Å². The van der Waals surface area contributed by atoms with Crippen LogP contribution in [-0.4, -0.2) is 23.6 Å². The van der Waals surface area contributed by atoms with Crippen molar-refractivity contribution in [2.24, 2.45) is 5.73 Å². The zero-order valence-corrected chi connectivity index (χ0v) is 9.03. The first-order chi connectivity index (χ1) is 7.52. The molecule has 0 spiro atoms. The fraction of sp³-hybridized carbons (Fsp3) is 0.200. The van der Waals surface area contributed by atoms with Crippen LogP contribution in [0.5, 0.6) is 5.75 Å². The maximum Gasteiger partial charge on any atom is 0.341 e. The van der Waals surface area contributed by atoms with Crippen LogP contribution in [0.3, 0.4) is 0 Å². The largest absolute Gasteiger partial charge is 0.492 e. The highest BCUT2D eigenvalue weighted by atomic mass is 35.5. The summed E-state index contributed by atoms with van der Waals surface area (Å²) >= 11 is 5.71. The standard InChI is InChI=1S/C10H10ClNO4/c11-6-2-1-3-7(9(6)10(14)15)16-5-4-8(12)13/h1-3H,4-5H2,(H2,12,13)(H,14,15). The summed E-state index contributed by atoms with van der Waals surface area (Å²) in [6.07, 6.45) is 0.0194. The number of carbonyl (C=O) groups is 2. The molecule has 6 heteroatoms. The molecule has 0 saturated heterocycles. The van der Waals surface area contributed by atoms with Crippen LogP contribution in [0.15, 0.2) is 18.2 Å². The van der Waals surface area contributed by atoms with E-state index in [1.807, 2.05) is 0 Å². The average molecular weight is 244 g/mol. The number of halogens is 1. The van der Waals surface area contributed by atoms with E-state index in [9.17, 15) is 9.59 Å². The summed E-state index contributed by atoms with van der Waals surface area (Å²) in [5, 5.41) is 8.99. The van der Waals surface area contributed by atoms with E-state index in [1.54, 1.807) is 6.07 Å². The molecule has 0 unspecified atom stereocenters. The lowest BCUT2D eigenvalue weighted by atomic mass is 10.2. The molecule has 5 nitrogen and oxygen atoms in total. The van der Waals surface area contributed by atoms with Gasteiger partial charge in [-0.15, -0.1) is 0 Å². The third kappa shape index (κ3) is 3.13. The second-order valence-electron chi connectivity index (χ2n) is 2.98. The number of primary amides is 1. The fourth-order valence-corrected chi connectivity index (χ4v) is 1.34. The Hall–Kier alpha value is -1.75. The first kappa shape index (κ1) is 12.3. The smallest absolute Gasteiger partial charge is 0.341 e. The SMILES string of the molecule is NC(=O)CCOc1cccc(Cl)c1C(=O)O. The van der Waals surface area contributed by atoms with Gasteiger partial charge in [-0.2, -0.15) is 0 Å². The zero-order chi connectivity index (χ0) is 12.1. The Morgan fingerprint density at radius 2 is 2.12 bits per heavy atom. The van der Waals surface area contributed by atoms with E-state index in [2.05, 4.69) is 0 Å². The molecule has 3 N–H and O–H groups in total. The second kappa shape index (κ2) is 5.37. The molecular formula is C10H10ClNO4. The third-order valence-electron chi connectivity index (χ3n) is 1.80. The van der Waals surface area contributed by atoms with Crippen LogP contribution < -0.4 is 10.5 Å². The van der Waals surface area contributed by atoms with E-state index in [4.69, 9.17) is 27.2 Å². The zero-order valence-electron chi connectivity index (χ0n) is 8.27. The quantitative estimate of drug-likeness (QED) is 0.815. The maximum atomic E-state index is 10.9. The number of hydrogen-bond acceptors (Lipinski definition) is 3. The Kier molecular flexibility index (Phi) is 4.13. The number of ether oxygens (including phenoxy) is 1. The van der Waals surface area contributed by atoms with Crippen LogP contribution in [0.25, 0.3) is 0 Å². The predicted molar refractivity (Wildman–Crippen MR) is 57.7 cm³/mol. The van der Waals surface area contributed by atoms with Crippen molar-refractivity contribution in [3.8, 4) is 5.75 Å². The summed E-state index contributed by atoms with van der Waals surface area (Å²) in [6.45, 7) is 0.0238. The van der Waals surface area contributed by atoms with Gasteiger partial charge in [0, 0.05) is 0 Å². The van der Waals surface area contributed by atoms with Crippen molar-refractivity contribution in [3.63, 3.8) is 0 Å². The molecule has 1 aromatic rings. The molecule has 0 fully saturated rings. The molecule has 0 aliphatic heterocycles. The Morgan fingerprint density at radius 1 is 1.44 bits per heavy atom. The molecule has 0 atom stereocenters. The minimum atomic E-state index is -1.18. The van der Waals surface area contributed by atoms with E-state index in [1.165, 1.54) is 12.1 Å². The van der Waals surface area contributed by atoms with Crippen molar-refractivity contribution in [3.05, 3.63) is 28.8 Å². The summed E-state index contributed by atoms with van der Waals surface area (Å²) in [7, 11) is 0. The van der Waals surface area contributed by atoms with Gasteiger partial charge in [0.05, 0.1) is 18.1 Å². The minimum Gasteiger partial charge on any atom is -0.492 e. The van der Waals surface area contributed by atoms with Gasteiger partial charge in [0.2, 0.25) is 5.91 Å². The van der Waals surface area contributed by atoms with E-state index in [0.717, 1.165) is 0 Å². The van der Waals surface area contributed by atoms with E-state index in [0.29, 0.717) is 0 Å². The van der Waals surface area contributed by atoms with Crippen LogP contribution in [0, 0.1) is 0 Å². The van der Waals surface area contributed by atoms with Crippen molar-refractivity contribution in [2.75, 3.05) is 6.61 Å². The molecule has 1 rings (SSSR count). The number of carboxylic acid groups (broad SMARTS) is 1. The highest BCUT2D eigenvalue weighted by molar-refractivity contribution is 6.33. The molecule has 0 aliphatic rings. The molecule has 0 heterocycles. The molecule has 0 aliphatic carbocycles. The van der Waals surface area contributed by atoms with Crippen LogP contribution in [0.1, 0.15) is 16.8 Å². The van der Waals surface area contributed by atoms with Crippen LogP contribution in [0.4, 0.5) is 0 Å². The van der Waals surface area contributed by atoms with E-state index < -0.39 is 11.9 Å². The van der Waals surface area contributed by atoms with Gasteiger partial charge < -0.3 is 15.6 Å². The van der Waals surface area contributed by atoms with Gasteiger partial charge in [-0.3, -0.25) is 4.79 Å². The summed E-state index contributed by atoms with van der Waals surface area (Å²) in [5.74, 6) is -1.57. The molecule has 86 valence electrons. The molecule has 0 saturated carbocycles. The van der Waals surface area contributed by atoms with Crippen LogP contribution >= 0.6 is 11.6 Å². The van der Waals surface area contributed by atoms with Crippen molar-refractivity contribution >= 4 is 23.5 Å². The average Bonchev–Trinajstić information content (AvgIpc) is 2.16. The van der Waals surface area contributed by atoms with Gasteiger partial charge in [-0.05, 0) is 12.1 Å². The number of aromatic carboxylic acids is 1. The Labute approximate surface area is 96.8 Å². The molecule has 1 amide bonds. The summed E-state index contributed by atoms with van der Waals surface area (Å²) in [6, 6.07) is 4.48. The number of rotatable bonds is 5. The lowest BCUT2D eigenvalue weighted by Gasteiger charge is -2.08. The first-order valence-electron chi connectivity index (χ1n) is 4.45. The molecule has 0 bridgehead atoms. The second-order valence-corrected chi connectivity index (χ2v) is 3.39. The van der Waals surface area contributed by atoms with Gasteiger partial charge in [0.15, 0.2) is 0 Å². The lowest BCUT2D eigenvalue weighted by Crippen LogP contribution is -2.15.